The predicted molar refractivity (Wildman–Crippen MR) is 115 cm³/mol. The number of aromatic nitrogens is 2. The van der Waals surface area contributed by atoms with E-state index in [1.54, 1.807) is 6.33 Å². The van der Waals surface area contributed by atoms with Crippen molar-refractivity contribution in [3.05, 3.63) is 53.6 Å². The van der Waals surface area contributed by atoms with Crippen LogP contribution in [0.3, 0.4) is 0 Å². The second-order valence-corrected chi connectivity index (χ2v) is 8.72. The number of hydrogen-bond donors (Lipinski definition) is 1. The smallest absolute Gasteiger partial charge is 0.327 e. The molecule has 1 aromatic carbocycles. The number of nitrogens with zero attached hydrogens (tertiary/aromatic N) is 4. The number of amides is 3. The fourth-order valence-electron chi connectivity index (χ4n) is 4.71. The molecule has 1 aromatic heterocycles. The summed E-state index contributed by atoms with van der Waals surface area (Å²) in [7, 11) is 0. The summed E-state index contributed by atoms with van der Waals surface area (Å²) in [6, 6.07) is 9.90. The van der Waals surface area contributed by atoms with Crippen LogP contribution in [0.4, 0.5) is 4.79 Å². The first kappa shape index (κ1) is 20.6. The Morgan fingerprint density at radius 1 is 1.13 bits per heavy atom. The normalized spacial score (nSPS) is 19.5. The molecule has 0 unspecified atom stereocenters. The summed E-state index contributed by atoms with van der Waals surface area (Å²) >= 11 is 0. The summed E-state index contributed by atoms with van der Waals surface area (Å²) in [4.78, 5) is 39.9. The summed E-state index contributed by atoms with van der Waals surface area (Å²) < 4.78 is 0. The van der Waals surface area contributed by atoms with Crippen molar-refractivity contribution in [2.75, 3.05) is 19.6 Å². The first-order valence-corrected chi connectivity index (χ1v) is 10.8. The summed E-state index contributed by atoms with van der Waals surface area (Å²) in [5.41, 5.74) is 2.59. The highest BCUT2D eigenvalue weighted by Gasteiger charge is 2.58. The first-order chi connectivity index (χ1) is 14.4. The Bertz CT molecular complexity index is 899. The number of nitrogens with one attached hydrogen (secondary N) is 1. The second kappa shape index (κ2) is 8.22. The van der Waals surface area contributed by atoms with E-state index in [1.807, 2.05) is 43.9 Å². The Kier molecular flexibility index (Phi) is 5.64. The summed E-state index contributed by atoms with van der Waals surface area (Å²) in [6.07, 6.45) is 3.81. The van der Waals surface area contributed by atoms with Crippen molar-refractivity contribution in [3.8, 4) is 0 Å². The van der Waals surface area contributed by atoms with Gasteiger partial charge in [0.1, 0.15) is 5.54 Å². The van der Waals surface area contributed by atoms with E-state index in [0.29, 0.717) is 19.4 Å². The van der Waals surface area contributed by atoms with Gasteiger partial charge in [0.05, 0.1) is 12.0 Å². The lowest BCUT2D eigenvalue weighted by Crippen LogP contribution is -2.57. The van der Waals surface area contributed by atoms with Crippen LogP contribution in [-0.2, 0) is 17.8 Å². The van der Waals surface area contributed by atoms with Crippen LogP contribution < -0.4 is 0 Å². The fraction of sp³-hybridized carbons (Fsp3) is 0.522. The van der Waals surface area contributed by atoms with Crippen LogP contribution in [-0.4, -0.2) is 67.8 Å². The molecule has 2 aliphatic rings. The van der Waals surface area contributed by atoms with Gasteiger partial charge in [-0.15, -0.1) is 0 Å². The number of aryl methyl sites for hydroxylation is 1. The fourth-order valence-corrected chi connectivity index (χ4v) is 4.71. The Balaban J connectivity index is 1.51. The topological polar surface area (TPSA) is 72.5 Å². The number of likely N-dealkylation sites (tertiary alicyclic amines) is 1. The number of benzene rings is 1. The van der Waals surface area contributed by atoms with Crippen LogP contribution in [0.2, 0.25) is 0 Å². The number of rotatable bonds is 6. The SMILES string of the molecule is Cc1[nH]cnc1CN1CCC2(CC1)C(=O)N(C(C)C)C(=O)N2CCc1ccccc1. The number of urea groups is 1. The molecule has 0 bridgehead atoms. The van der Waals surface area contributed by atoms with Crippen molar-refractivity contribution in [1.82, 2.24) is 24.7 Å². The molecule has 2 aliphatic heterocycles. The zero-order chi connectivity index (χ0) is 21.3. The summed E-state index contributed by atoms with van der Waals surface area (Å²) in [5, 5.41) is 0. The molecule has 2 saturated heterocycles. The maximum atomic E-state index is 13.5. The molecule has 3 amide bonds. The van der Waals surface area contributed by atoms with Crippen molar-refractivity contribution in [2.45, 2.75) is 58.2 Å². The van der Waals surface area contributed by atoms with Crippen LogP contribution >= 0.6 is 0 Å². The highest BCUT2D eigenvalue weighted by atomic mass is 16.2. The van der Waals surface area contributed by atoms with Crippen LogP contribution in [0.1, 0.15) is 43.6 Å². The van der Waals surface area contributed by atoms with Gasteiger partial charge in [0.25, 0.3) is 5.91 Å². The molecule has 1 spiro atoms. The standard InChI is InChI=1S/C23H31N5O2/c1-17(2)28-21(29)23(27(22(28)30)12-9-19-7-5-4-6-8-19)10-13-26(14-11-23)15-20-18(3)24-16-25-20/h4-8,16-17H,9-15H2,1-3H3,(H,24,25). The lowest BCUT2D eigenvalue weighted by atomic mass is 9.85. The summed E-state index contributed by atoms with van der Waals surface area (Å²) in [6.45, 7) is 8.75. The zero-order valence-electron chi connectivity index (χ0n) is 18.1. The first-order valence-electron chi connectivity index (χ1n) is 10.8. The Morgan fingerprint density at radius 2 is 1.83 bits per heavy atom. The minimum atomic E-state index is -0.715. The van der Waals surface area contributed by atoms with Crippen molar-refractivity contribution >= 4 is 11.9 Å². The average Bonchev–Trinajstić information content (AvgIpc) is 3.22. The Hall–Kier alpha value is -2.67. The van der Waals surface area contributed by atoms with Gasteiger partial charge in [0.2, 0.25) is 0 Å². The number of carbonyl (C=O) groups is 2. The van der Waals surface area contributed by atoms with Gasteiger partial charge in [-0.1, -0.05) is 30.3 Å². The molecule has 160 valence electrons. The minimum Gasteiger partial charge on any atom is -0.348 e. The molecule has 3 heterocycles. The Labute approximate surface area is 178 Å². The van der Waals surface area contributed by atoms with Gasteiger partial charge in [-0.3, -0.25) is 14.6 Å². The molecule has 0 saturated carbocycles. The molecular formula is C23H31N5O2. The van der Waals surface area contributed by atoms with Crippen molar-refractivity contribution < 1.29 is 9.59 Å². The molecule has 1 N–H and O–H groups in total. The quantitative estimate of drug-likeness (QED) is 0.745. The number of imidazole rings is 1. The van der Waals surface area contributed by atoms with Crippen LogP contribution in [0.25, 0.3) is 0 Å². The van der Waals surface area contributed by atoms with Gasteiger partial charge in [-0.2, -0.15) is 0 Å². The van der Waals surface area contributed by atoms with Crippen molar-refractivity contribution in [2.24, 2.45) is 0 Å². The number of hydrogen-bond acceptors (Lipinski definition) is 4. The highest BCUT2D eigenvalue weighted by Crippen LogP contribution is 2.38. The van der Waals surface area contributed by atoms with Crippen LogP contribution in [0.15, 0.2) is 36.7 Å². The minimum absolute atomic E-state index is 0.0221. The Morgan fingerprint density at radius 3 is 2.43 bits per heavy atom. The number of aromatic amines is 1. The average molecular weight is 410 g/mol. The van der Waals surface area contributed by atoms with Crippen LogP contribution in [0, 0.1) is 6.92 Å². The van der Waals surface area contributed by atoms with Gasteiger partial charge >= 0.3 is 6.03 Å². The molecule has 30 heavy (non-hydrogen) atoms. The maximum Gasteiger partial charge on any atom is 0.327 e. The van der Waals surface area contributed by atoms with Gasteiger partial charge in [0.15, 0.2) is 0 Å². The lowest BCUT2D eigenvalue weighted by Gasteiger charge is -2.42. The van der Waals surface area contributed by atoms with E-state index >= 15 is 0 Å². The maximum absolute atomic E-state index is 13.5. The van der Waals surface area contributed by atoms with Crippen molar-refractivity contribution in [3.63, 3.8) is 0 Å². The van der Waals surface area contributed by atoms with E-state index in [0.717, 1.165) is 37.4 Å². The predicted octanol–water partition coefficient (Wildman–Crippen LogP) is 2.97. The number of piperidine rings is 1. The molecule has 2 aromatic rings. The number of H-pyrrole nitrogens is 1. The number of carbonyl (C=O) groups excluding carboxylic acids is 2. The molecular weight excluding hydrogens is 378 g/mol. The van der Waals surface area contributed by atoms with E-state index in [9.17, 15) is 9.59 Å². The van der Waals surface area contributed by atoms with E-state index in [-0.39, 0.29) is 18.0 Å². The van der Waals surface area contributed by atoms with E-state index in [1.165, 1.54) is 10.5 Å². The lowest BCUT2D eigenvalue weighted by molar-refractivity contribution is -0.136. The molecule has 0 aliphatic carbocycles. The summed E-state index contributed by atoms with van der Waals surface area (Å²) in [5.74, 6) is -0.0221. The van der Waals surface area contributed by atoms with E-state index < -0.39 is 5.54 Å². The van der Waals surface area contributed by atoms with Gasteiger partial charge in [0, 0.05) is 37.9 Å². The molecule has 0 radical (unpaired) electrons. The number of imide groups is 1. The van der Waals surface area contributed by atoms with Gasteiger partial charge in [-0.25, -0.2) is 9.78 Å². The molecule has 7 heteroatoms. The zero-order valence-corrected chi connectivity index (χ0v) is 18.1. The monoisotopic (exact) mass is 409 g/mol. The third-order valence-electron chi connectivity index (χ3n) is 6.54. The third-order valence-corrected chi connectivity index (χ3v) is 6.54. The molecule has 4 rings (SSSR count). The highest BCUT2D eigenvalue weighted by molar-refractivity contribution is 6.07. The molecule has 0 atom stereocenters. The van der Waals surface area contributed by atoms with Crippen LogP contribution in [0.5, 0.6) is 0 Å². The van der Waals surface area contributed by atoms with Gasteiger partial charge < -0.3 is 9.88 Å². The van der Waals surface area contributed by atoms with E-state index in [2.05, 4.69) is 27.0 Å². The molecule has 2 fully saturated rings. The van der Waals surface area contributed by atoms with Gasteiger partial charge in [-0.05, 0) is 45.6 Å². The largest absolute Gasteiger partial charge is 0.348 e. The van der Waals surface area contributed by atoms with Crippen molar-refractivity contribution in [1.29, 1.82) is 0 Å². The van der Waals surface area contributed by atoms with E-state index in [4.69, 9.17) is 0 Å². The second-order valence-electron chi connectivity index (χ2n) is 8.72. The third kappa shape index (κ3) is 3.62. The molecule has 7 nitrogen and oxygen atoms in total.